The molecular weight excluding hydrogens is 295 g/mol. The van der Waals surface area contributed by atoms with Gasteiger partial charge in [-0.15, -0.1) is 0 Å². The summed E-state index contributed by atoms with van der Waals surface area (Å²) < 4.78 is 14.3. The number of hydrogen-bond donors (Lipinski definition) is 2. The van der Waals surface area contributed by atoms with Crippen LogP contribution in [-0.4, -0.2) is 0 Å². The molecule has 0 heterocycles. The summed E-state index contributed by atoms with van der Waals surface area (Å²) in [4.78, 5) is 0. The highest BCUT2D eigenvalue weighted by Gasteiger charge is 2.05. The number of aryl methyl sites for hydroxylation is 2. The first kappa shape index (κ1) is 12.9. The van der Waals surface area contributed by atoms with Crippen molar-refractivity contribution in [3.8, 4) is 0 Å². The zero-order valence-corrected chi connectivity index (χ0v) is 11.8. The SMILES string of the molecule is Cc1cc(Nc2cc(F)ccc2N)cc(C)c1Br. The van der Waals surface area contributed by atoms with Crippen LogP contribution in [0.3, 0.4) is 0 Å². The lowest BCUT2D eigenvalue weighted by molar-refractivity contribution is 0.628. The lowest BCUT2D eigenvalue weighted by atomic mass is 10.1. The Morgan fingerprint density at radius 1 is 1.11 bits per heavy atom. The van der Waals surface area contributed by atoms with Gasteiger partial charge in [-0.1, -0.05) is 15.9 Å². The second-order valence-corrected chi connectivity index (χ2v) is 5.07. The van der Waals surface area contributed by atoms with Crippen LogP contribution in [0.25, 0.3) is 0 Å². The summed E-state index contributed by atoms with van der Waals surface area (Å²) in [7, 11) is 0. The number of rotatable bonds is 2. The molecule has 0 amide bonds. The smallest absolute Gasteiger partial charge is 0.125 e. The van der Waals surface area contributed by atoms with Gasteiger partial charge >= 0.3 is 0 Å². The van der Waals surface area contributed by atoms with Gasteiger partial charge in [0, 0.05) is 10.2 Å². The van der Waals surface area contributed by atoms with E-state index in [1.54, 1.807) is 6.07 Å². The van der Waals surface area contributed by atoms with Crippen LogP contribution in [0.5, 0.6) is 0 Å². The topological polar surface area (TPSA) is 38.0 Å². The molecule has 0 unspecified atom stereocenters. The second-order valence-electron chi connectivity index (χ2n) is 4.28. The van der Waals surface area contributed by atoms with E-state index in [-0.39, 0.29) is 5.82 Å². The molecule has 3 N–H and O–H groups in total. The van der Waals surface area contributed by atoms with Crippen LogP contribution in [0.4, 0.5) is 21.5 Å². The monoisotopic (exact) mass is 308 g/mol. The van der Waals surface area contributed by atoms with Gasteiger partial charge in [0.25, 0.3) is 0 Å². The number of anilines is 3. The zero-order chi connectivity index (χ0) is 13.3. The van der Waals surface area contributed by atoms with E-state index < -0.39 is 0 Å². The maximum absolute atomic E-state index is 13.2. The van der Waals surface area contributed by atoms with E-state index in [2.05, 4.69) is 21.2 Å². The van der Waals surface area contributed by atoms with Gasteiger partial charge < -0.3 is 11.1 Å². The third-order valence-electron chi connectivity index (χ3n) is 2.73. The van der Waals surface area contributed by atoms with E-state index >= 15 is 0 Å². The standard InChI is InChI=1S/C14H14BrFN2/c1-8-5-11(6-9(2)14(8)15)18-13-7-10(16)3-4-12(13)17/h3-7,18H,17H2,1-2H3. The first-order chi connectivity index (χ1) is 8.47. The maximum atomic E-state index is 13.2. The third-order valence-corrected chi connectivity index (χ3v) is 3.98. The lowest BCUT2D eigenvalue weighted by Crippen LogP contribution is -1.98. The Balaban J connectivity index is 2.37. The molecule has 94 valence electrons. The van der Waals surface area contributed by atoms with Gasteiger partial charge in [0.15, 0.2) is 0 Å². The fourth-order valence-electron chi connectivity index (χ4n) is 1.81. The fourth-order valence-corrected chi connectivity index (χ4v) is 2.04. The molecular formula is C14H14BrFN2. The number of nitrogens with one attached hydrogen (secondary N) is 1. The Kier molecular flexibility index (Phi) is 3.57. The Morgan fingerprint density at radius 3 is 2.33 bits per heavy atom. The van der Waals surface area contributed by atoms with Crippen molar-refractivity contribution in [3.63, 3.8) is 0 Å². The molecule has 0 fully saturated rings. The van der Waals surface area contributed by atoms with Gasteiger partial charge in [0.2, 0.25) is 0 Å². The highest BCUT2D eigenvalue weighted by Crippen LogP contribution is 2.29. The third kappa shape index (κ3) is 2.64. The Morgan fingerprint density at radius 2 is 1.72 bits per heavy atom. The number of hydrogen-bond acceptors (Lipinski definition) is 2. The predicted molar refractivity (Wildman–Crippen MR) is 77.7 cm³/mol. The van der Waals surface area contributed by atoms with Gasteiger partial charge in [-0.2, -0.15) is 0 Å². The average molecular weight is 309 g/mol. The van der Waals surface area contributed by atoms with Crippen LogP contribution in [-0.2, 0) is 0 Å². The summed E-state index contributed by atoms with van der Waals surface area (Å²) in [6.45, 7) is 4.02. The zero-order valence-electron chi connectivity index (χ0n) is 10.2. The fraction of sp³-hybridized carbons (Fsp3) is 0.143. The molecule has 0 aliphatic rings. The van der Waals surface area contributed by atoms with Crippen LogP contribution in [0, 0.1) is 19.7 Å². The quantitative estimate of drug-likeness (QED) is 0.800. The minimum Gasteiger partial charge on any atom is -0.397 e. The highest BCUT2D eigenvalue weighted by molar-refractivity contribution is 9.10. The van der Waals surface area contributed by atoms with E-state index in [1.807, 2.05) is 26.0 Å². The summed E-state index contributed by atoms with van der Waals surface area (Å²) in [6, 6.07) is 8.26. The summed E-state index contributed by atoms with van der Waals surface area (Å²) in [6.07, 6.45) is 0. The Labute approximate surface area is 114 Å². The van der Waals surface area contributed by atoms with Crippen molar-refractivity contribution >= 4 is 33.0 Å². The molecule has 0 saturated carbocycles. The van der Waals surface area contributed by atoms with E-state index in [0.29, 0.717) is 11.4 Å². The molecule has 4 heteroatoms. The number of nitrogen functional groups attached to an aromatic ring is 1. The van der Waals surface area contributed by atoms with Crippen molar-refractivity contribution in [2.75, 3.05) is 11.1 Å². The second kappa shape index (κ2) is 4.98. The van der Waals surface area contributed by atoms with E-state index in [1.165, 1.54) is 12.1 Å². The molecule has 2 nitrogen and oxygen atoms in total. The first-order valence-electron chi connectivity index (χ1n) is 5.56. The van der Waals surface area contributed by atoms with Gasteiger partial charge in [-0.25, -0.2) is 4.39 Å². The lowest BCUT2D eigenvalue weighted by Gasteiger charge is -2.12. The molecule has 2 aromatic carbocycles. The molecule has 2 aromatic rings. The largest absolute Gasteiger partial charge is 0.397 e. The molecule has 0 radical (unpaired) electrons. The van der Waals surface area contributed by atoms with Crippen molar-refractivity contribution in [1.29, 1.82) is 0 Å². The average Bonchev–Trinajstić information content (AvgIpc) is 2.31. The van der Waals surface area contributed by atoms with E-state index in [4.69, 9.17) is 5.73 Å². The van der Waals surface area contributed by atoms with Crippen molar-refractivity contribution in [3.05, 3.63) is 51.7 Å². The molecule has 0 bridgehead atoms. The normalized spacial score (nSPS) is 10.4. The van der Waals surface area contributed by atoms with E-state index in [9.17, 15) is 4.39 Å². The summed E-state index contributed by atoms with van der Waals surface area (Å²) >= 11 is 3.51. The van der Waals surface area contributed by atoms with Crippen molar-refractivity contribution in [2.24, 2.45) is 0 Å². The van der Waals surface area contributed by atoms with Gasteiger partial charge in [0.1, 0.15) is 5.82 Å². The van der Waals surface area contributed by atoms with Crippen molar-refractivity contribution in [1.82, 2.24) is 0 Å². The van der Waals surface area contributed by atoms with Gasteiger partial charge in [-0.3, -0.25) is 0 Å². The Hall–Kier alpha value is -1.55. The molecule has 0 spiro atoms. The van der Waals surface area contributed by atoms with Crippen molar-refractivity contribution < 1.29 is 4.39 Å². The molecule has 18 heavy (non-hydrogen) atoms. The molecule has 0 saturated heterocycles. The predicted octanol–water partition coefficient (Wildman–Crippen LogP) is 4.53. The van der Waals surface area contributed by atoms with Crippen LogP contribution < -0.4 is 11.1 Å². The van der Waals surface area contributed by atoms with E-state index in [0.717, 1.165) is 21.3 Å². The molecule has 0 aliphatic carbocycles. The van der Waals surface area contributed by atoms with Crippen LogP contribution in [0.15, 0.2) is 34.8 Å². The maximum Gasteiger partial charge on any atom is 0.125 e. The first-order valence-corrected chi connectivity index (χ1v) is 6.35. The summed E-state index contributed by atoms with van der Waals surface area (Å²) in [5, 5.41) is 3.14. The molecule has 0 aromatic heterocycles. The van der Waals surface area contributed by atoms with Crippen molar-refractivity contribution in [2.45, 2.75) is 13.8 Å². The van der Waals surface area contributed by atoms with Gasteiger partial charge in [-0.05, 0) is 55.3 Å². The summed E-state index contributed by atoms with van der Waals surface area (Å²) in [5.41, 5.74) is 10.0. The minimum atomic E-state index is -0.308. The summed E-state index contributed by atoms with van der Waals surface area (Å²) in [5.74, 6) is -0.308. The van der Waals surface area contributed by atoms with Crippen LogP contribution >= 0.6 is 15.9 Å². The Bertz CT molecular complexity index is 573. The van der Waals surface area contributed by atoms with Gasteiger partial charge in [0.05, 0.1) is 11.4 Å². The number of halogens is 2. The molecule has 2 rings (SSSR count). The van der Waals surface area contributed by atoms with Crippen LogP contribution in [0.1, 0.15) is 11.1 Å². The van der Waals surface area contributed by atoms with Crippen LogP contribution in [0.2, 0.25) is 0 Å². The molecule has 0 atom stereocenters. The highest BCUT2D eigenvalue weighted by atomic mass is 79.9. The minimum absolute atomic E-state index is 0.308. The molecule has 0 aliphatic heterocycles. The number of nitrogens with two attached hydrogens (primary N) is 1. The number of benzene rings is 2.